The van der Waals surface area contributed by atoms with Crippen molar-refractivity contribution in [2.75, 3.05) is 13.2 Å². The van der Waals surface area contributed by atoms with Crippen LogP contribution < -0.4 is 0 Å². The number of nitrogens with one attached hydrogen (secondary N) is 1. The van der Waals surface area contributed by atoms with Crippen molar-refractivity contribution >= 4 is 22.6 Å². The van der Waals surface area contributed by atoms with Crippen LogP contribution in [0.3, 0.4) is 0 Å². The number of ether oxygens (including phenoxy) is 2. The summed E-state index contributed by atoms with van der Waals surface area (Å²) in [7, 11) is 0. The summed E-state index contributed by atoms with van der Waals surface area (Å²) >= 11 is 6.61. The van der Waals surface area contributed by atoms with Gasteiger partial charge in [0.25, 0.3) is 0 Å². The van der Waals surface area contributed by atoms with Crippen molar-refractivity contribution in [2.24, 2.45) is 5.92 Å². The highest BCUT2D eigenvalue weighted by molar-refractivity contribution is 6.33. The highest BCUT2D eigenvalue weighted by atomic mass is 35.5. The van der Waals surface area contributed by atoms with Crippen molar-refractivity contribution in [3.05, 3.63) is 77.4 Å². The third-order valence-corrected chi connectivity index (χ3v) is 6.78. The van der Waals surface area contributed by atoms with Gasteiger partial charge >= 0.3 is 0 Å². The van der Waals surface area contributed by atoms with Gasteiger partial charge in [0.2, 0.25) is 0 Å². The molecule has 2 aromatic carbocycles. The zero-order valence-electron chi connectivity index (χ0n) is 17.4. The van der Waals surface area contributed by atoms with E-state index in [2.05, 4.69) is 47.4 Å². The van der Waals surface area contributed by atoms with Gasteiger partial charge in [-0.05, 0) is 29.7 Å². The molecule has 2 aliphatic heterocycles. The van der Waals surface area contributed by atoms with Crippen molar-refractivity contribution in [3.63, 3.8) is 0 Å². The molecule has 0 spiro atoms. The summed E-state index contributed by atoms with van der Waals surface area (Å²) in [5, 5.41) is 10.6. The topological polar surface area (TPSA) is 67.4 Å². The number of nitrogens with zero attached hydrogens (tertiary/aromatic N) is 1. The highest BCUT2D eigenvalue weighted by Crippen LogP contribution is 2.35. The Kier molecular flexibility index (Phi) is 5.00. The number of hydrogen-bond donors (Lipinski definition) is 2. The zero-order valence-corrected chi connectivity index (χ0v) is 18.1. The lowest BCUT2D eigenvalue weighted by Gasteiger charge is -2.14. The average molecular weight is 447 g/mol. The normalized spacial score (nSPS) is 24.8. The van der Waals surface area contributed by atoms with Crippen LogP contribution in [0, 0.1) is 5.92 Å². The lowest BCUT2D eigenvalue weighted by atomic mass is 9.96. The Morgan fingerprint density at radius 3 is 2.44 bits per heavy atom. The second-order valence-electron chi connectivity index (χ2n) is 8.62. The summed E-state index contributed by atoms with van der Waals surface area (Å²) < 4.78 is 11.5. The number of aliphatic hydroxyl groups is 1. The largest absolute Gasteiger partial charge is 0.388 e. The molecule has 0 aliphatic carbocycles. The molecule has 4 heterocycles. The highest BCUT2D eigenvalue weighted by Gasteiger charge is 2.46. The number of aliphatic hydroxyl groups excluding tert-OH is 1. The third kappa shape index (κ3) is 3.51. The fourth-order valence-corrected chi connectivity index (χ4v) is 5.13. The molecule has 0 unspecified atom stereocenters. The molecule has 32 heavy (non-hydrogen) atoms. The molecule has 0 radical (unpaired) electrons. The van der Waals surface area contributed by atoms with E-state index in [4.69, 9.17) is 26.1 Å². The molecule has 2 fully saturated rings. The monoisotopic (exact) mass is 446 g/mol. The van der Waals surface area contributed by atoms with E-state index in [9.17, 15) is 5.11 Å². The van der Waals surface area contributed by atoms with Crippen LogP contribution in [-0.4, -0.2) is 46.6 Å². The van der Waals surface area contributed by atoms with E-state index in [0.29, 0.717) is 18.2 Å². The Morgan fingerprint density at radius 1 is 0.906 bits per heavy atom. The van der Waals surface area contributed by atoms with Crippen molar-refractivity contribution in [2.45, 2.75) is 24.7 Å². The lowest BCUT2D eigenvalue weighted by molar-refractivity contribution is 0.0169. The van der Waals surface area contributed by atoms with Crippen molar-refractivity contribution in [1.82, 2.24) is 9.97 Å². The van der Waals surface area contributed by atoms with Crippen LogP contribution in [0.25, 0.3) is 33.4 Å². The van der Waals surface area contributed by atoms with Gasteiger partial charge < -0.3 is 19.6 Å². The fraction of sp³-hybridized carbons (Fsp3) is 0.269. The van der Waals surface area contributed by atoms with Crippen LogP contribution in [0.15, 0.2) is 66.7 Å². The Morgan fingerprint density at radius 2 is 1.62 bits per heavy atom. The van der Waals surface area contributed by atoms with Crippen LogP contribution in [-0.2, 0) is 15.9 Å². The minimum Gasteiger partial charge on any atom is -0.388 e. The van der Waals surface area contributed by atoms with Crippen molar-refractivity contribution < 1.29 is 14.6 Å². The van der Waals surface area contributed by atoms with Crippen molar-refractivity contribution in [1.29, 1.82) is 0 Å². The van der Waals surface area contributed by atoms with Gasteiger partial charge in [-0.3, -0.25) is 0 Å². The second kappa shape index (κ2) is 8.01. The van der Waals surface area contributed by atoms with Gasteiger partial charge in [0.1, 0.15) is 12.2 Å². The molecule has 2 N–H and O–H groups in total. The molecule has 6 heteroatoms. The minimum atomic E-state index is -0.524. The molecule has 6 rings (SSSR count). The van der Waals surface area contributed by atoms with Gasteiger partial charge in [-0.2, -0.15) is 0 Å². The Hall–Kier alpha value is -2.70. The summed E-state index contributed by atoms with van der Waals surface area (Å²) in [6.45, 7) is 0.942. The summed E-state index contributed by atoms with van der Waals surface area (Å²) in [5.41, 5.74) is 6.97. The number of fused-ring (bicyclic) bond motifs is 2. The molecular formula is C26H23ClN2O3. The third-order valence-electron chi connectivity index (χ3n) is 6.49. The Labute approximate surface area is 191 Å². The molecule has 4 atom stereocenters. The van der Waals surface area contributed by atoms with E-state index in [0.717, 1.165) is 40.0 Å². The van der Waals surface area contributed by atoms with E-state index >= 15 is 0 Å². The number of pyridine rings is 1. The number of benzene rings is 2. The summed E-state index contributed by atoms with van der Waals surface area (Å²) in [6, 6.07) is 22.6. The number of halogens is 1. The van der Waals surface area contributed by atoms with Crippen LogP contribution in [0.5, 0.6) is 0 Å². The fourth-order valence-electron chi connectivity index (χ4n) is 4.87. The number of hydrogen-bond acceptors (Lipinski definition) is 4. The van der Waals surface area contributed by atoms with Crippen LogP contribution in [0.4, 0.5) is 0 Å². The van der Waals surface area contributed by atoms with Gasteiger partial charge in [-0.15, -0.1) is 0 Å². The summed E-state index contributed by atoms with van der Waals surface area (Å²) in [5.74, 6) is 0.214. The predicted molar refractivity (Wildman–Crippen MR) is 125 cm³/mol. The van der Waals surface area contributed by atoms with Crippen LogP contribution >= 0.6 is 11.6 Å². The first-order valence-corrected chi connectivity index (χ1v) is 11.3. The van der Waals surface area contributed by atoms with E-state index in [1.54, 1.807) is 0 Å². The first kappa shape index (κ1) is 19.9. The Balaban J connectivity index is 1.26. The van der Waals surface area contributed by atoms with Gasteiger partial charge in [0.05, 0.1) is 41.1 Å². The van der Waals surface area contributed by atoms with E-state index in [1.807, 2.05) is 24.3 Å². The summed E-state index contributed by atoms with van der Waals surface area (Å²) in [6.07, 6.45) is 0.00117. The molecule has 2 aliphatic rings. The van der Waals surface area contributed by atoms with Crippen LogP contribution in [0.2, 0.25) is 5.02 Å². The molecule has 2 saturated heterocycles. The smallest absolute Gasteiger partial charge is 0.112 e. The molecule has 4 aromatic rings. The molecule has 5 nitrogen and oxygen atoms in total. The molecule has 0 saturated carbocycles. The maximum Gasteiger partial charge on any atom is 0.112 e. The van der Waals surface area contributed by atoms with E-state index < -0.39 is 6.10 Å². The number of H-pyrrole nitrogens is 1. The van der Waals surface area contributed by atoms with Gasteiger partial charge in [0.15, 0.2) is 0 Å². The van der Waals surface area contributed by atoms with Gasteiger partial charge in [0, 0.05) is 17.2 Å². The van der Waals surface area contributed by atoms with Gasteiger partial charge in [-0.25, -0.2) is 4.98 Å². The van der Waals surface area contributed by atoms with Crippen molar-refractivity contribution in [3.8, 4) is 22.4 Å². The predicted octanol–water partition coefficient (Wildman–Crippen LogP) is 4.87. The first-order valence-electron chi connectivity index (χ1n) is 10.9. The summed E-state index contributed by atoms with van der Waals surface area (Å²) in [4.78, 5) is 8.30. The van der Waals surface area contributed by atoms with Gasteiger partial charge in [-0.1, -0.05) is 66.2 Å². The maximum absolute atomic E-state index is 9.97. The Bertz CT molecular complexity index is 1260. The molecule has 162 valence electrons. The number of rotatable bonds is 4. The minimum absolute atomic E-state index is 0.0494. The number of aromatic amines is 1. The zero-order chi connectivity index (χ0) is 21.7. The lowest BCUT2D eigenvalue weighted by Crippen LogP contribution is -2.29. The quantitative estimate of drug-likeness (QED) is 0.469. The SMILES string of the molecule is O[C@@H]1CO[C@@H]2[C@@H](Cc3cc4nc(-c5ccc(-c6ccccc6)cc5)c(Cl)cc4[nH]3)CO[C@@H]21. The maximum atomic E-state index is 9.97. The second-order valence-corrected chi connectivity index (χ2v) is 9.02. The van der Waals surface area contributed by atoms with Crippen LogP contribution in [0.1, 0.15) is 5.69 Å². The first-order chi connectivity index (χ1) is 15.7. The molecule has 2 aromatic heterocycles. The average Bonchev–Trinajstić information content (AvgIpc) is 3.51. The van der Waals surface area contributed by atoms with E-state index in [1.165, 1.54) is 5.56 Å². The molecule has 0 amide bonds. The molecule has 0 bridgehead atoms. The number of aromatic nitrogens is 2. The van der Waals surface area contributed by atoms with E-state index in [-0.39, 0.29) is 18.1 Å². The standard InChI is InChI=1S/C26H23ClN2O3/c27-20-12-22-21(11-19(28-22)10-18-13-31-26-23(30)14-32-25(18)26)29-24(20)17-8-6-16(7-9-17)15-4-2-1-3-5-15/h1-9,11-12,18,23,25-26,28,30H,10,13-14H2/t18-,23+,25+,26+/m0/s1. The molecular weight excluding hydrogens is 424 g/mol.